The lowest BCUT2D eigenvalue weighted by molar-refractivity contribution is -0.131. The van der Waals surface area contributed by atoms with Crippen LogP contribution >= 0.6 is 0 Å². The van der Waals surface area contributed by atoms with Gasteiger partial charge < -0.3 is 5.32 Å². The number of ketones is 1. The summed E-state index contributed by atoms with van der Waals surface area (Å²) >= 11 is 0. The molecule has 0 aromatic carbocycles. The molecule has 0 unspecified atom stereocenters. The summed E-state index contributed by atoms with van der Waals surface area (Å²) in [5, 5.41) is 2.77. The fourth-order valence-corrected chi connectivity index (χ4v) is 5.13. The van der Waals surface area contributed by atoms with Gasteiger partial charge in [-0.1, -0.05) is 0 Å². The number of amides is 1. The molecule has 100 valence electrons. The lowest BCUT2D eigenvalue weighted by atomic mass is 9.49. The first-order valence-corrected chi connectivity index (χ1v) is 7.31. The van der Waals surface area contributed by atoms with Gasteiger partial charge in [0, 0.05) is 6.42 Å². The number of rotatable bonds is 4. The molecule has 0 aromatic heterocycles. The van der Waals surface area contributed by atoms with Crippen molar-refractivity contribution >= 4 is 11.7 Å². The minimum atomic E-state index is 0.0360. The van der Waals surface area contributed by atoms with Crippen LogP contribution in [0.2, 0.25) is 0 Å². The highest BCUT2D eigenvalue weighted by atomic mass is 16.2. The van der Waals surface area contributed by atoms with Crippen LogP contribution in [0.25, 0.3) is 0 Å². The van der Waals surface area contributed by atoms with Gasteiger partial charge in [-0.25, -0.2) is 0 Å². The Labute approximate surface area is 109 Å². The normalized spacial score (nSPS) is 40.8. The Balaban J connectivity index is 1.61. The van der Waals surface area contributed by atoms with Crippen molar-refractivity contribution < 1.29 is 9.59 Å². The largest absolute Gasteiger partial charge is 0.349 e. The van der Waals surface area contributed by atoms with Crippen LogP contribution in [0.3, 0.4) is 0 Å². The zero-order valence-electron chi connectivity index (χ0n) is 11.2. The van der Waals surface area contributed by atoms with E-state index >= 15 is 0 Å². The average molecular weight is 249 g/mol. The van der Waals surface area contributed by atoms with Crippen molar-refractivity contribution in [2.75, 3.05) is 6.54 Å². The molecule has 1 amide bonds. The molecule has 18 heavy (non-hydrogen) atoms. The molecule has 3 heteroatoms. The van der Waals surface area contributed by atoms with E-state index in [0.29, 0.717) is 6.42 Å². The topological polar surface area (TPSA) is 46.2 Å². The van der Waals surface area contributed by atoms with Crippen LogP contribution in [0, 0.1) is 23.2 Å². The van der Waals surface area contributed by atoms with Crippen LogP contribution in [0.1, 0.15) is 51.9 Å². The van der Waals surface area contributed by atoms with E-state index < -0.39 is 0 Å². The van der Waals surface area contributed by atoms with Crippen LogP contribution in [-0.4, -0.2) is 18.2 Å². The van der Waals surface area contributed by atoms with Gasteiger partial charge in [0.25, 0.3) is 0 Å². The molecule has 4 aliphatic rings. The van der Waals surface area contributed by atoms with Crippen LogP contribution in [0.5, 0.6) is 0 Å². The van der Waals surface area contributed by atoms with Crippen molar-refractivity contribution in [1.82, 2.24) is 5.32 Å². The summed E-state index contributed by atoms with van der Waals surface area (Å²) in [5.74, 6) is 2.78. The molecular formula is C15H23NO2. The van der Waals surface area contributed by atoms with Crippen molar-refractivity contribution in [2.45, 2.75) is 51.9 Å². The lowest BCUT2D eigenvalue weighted by Gasteiger charge is -2.56. The molecule has 4 fully saturated rings. The van der Waals surface area contributed by atoms with E-state index in [1.165, 1.54) is 45.4 Å². The van der Waals surface area contributed by atoms with Crippen molar-refractivity contribution in [3.05, 3.63) is 0 Å². The Morgan fingerprint density at radius 1 is 1.06 bits per heavy atom. The summed E-state index contributed by atoms with van der Waals surface area (Å²) in [6, 6.07) is 0. The van der Waals surface area contributed by atoms with Gasteiger partial charge >= 0.3 is 0 Å². The molecule has 1 N–H and O–H groups in total. The number of nitrogens with one attached hydrogen (secondary N) is 1. The molecular weight excluding hydrogens is 226 g/mol. The minimum Gasteiger partial charge on any atom is -0.349 e. The summed E-state index contributed by atoms with van der Waals surface area (Å²) in [6.07, 6.45) is 8.66. The maximum atomic E-state index is 12.0. The Kier molecular flexibility index (Phi) is 2.95. The van der Waals surface area contributed by atoms with Gasteiger partial charge in [-0.3, -0.25) is 9.59 Å². The van der Waals surface area contributed by atoms with Gasteiger partial charge in [-0.15, -0.1) is 0 Å². The summed E-state index contributed by atoms with van der Waals surface area (Å²) < 4.78 is 0. The average Bonchev–Trinajstić information content (AvgIpc) is 2.23. The monoisotopic (exact) mass is 249 g/mol. The molecule has 4 saturated carbocycles. The zero-order chi connectivity index (χ0) is 12.8. The fourth-order valence-electron chi connectivity index (χ4n) is 5.13. The molecule has 3 nitrogen and oxygen atoms in total. The van der Waals surface area contributed by atoms with E-state index in [-0.39, 0.29) is 23.7 Å². The molecule has 0 saturated heterocycles. The summed E-state index contributed by atoms with van der Waals surface area (Å²) in [5.41, 5.74) is 0.287. The standard InChI is InChI=1S/C15H23NO2/c1-10(17)9-16-14(18)8-15-5-11-2-12(6-15)4-13(3-11)7-15/h11-13H,2-9H2,1H3,(H,16,18). The quantitative estimate of drug-likeness (QED) is 0.831. The number of carbonyl (C=O) groups is 2. The van der Waals surface area contributed by atoms with Gasteiger partial charge in [0.2, 0.25) is 5.91 Å². The minimum absolute atomic E-state index is 0.0360. The van der Waals surface area contributed by atoms with E-state index in [0.717, 1.165) is 17.8 Å². The SMILES string of the molecule is CC(=O)CNC(=O)CC12CC3CC(CC(C3)C1)C2. The number of Topliss-reactive ketones (excluding diaryl/α,β-unsaturated/α-hetero) is 1. The fraction of sp³-hybridized carbons (Fsp3) is 0.867. The van der Waals surface area contributed by atoms with E-state index in [1.807, 2.05) is 0 Å². The van der Waals surface area contributed by atoms with Crippen molar-refractivity contribution in [3.8, 4) is 0 Å². The number of hydrogen-bond acceptors (Lipinski definition) is 2. The van der Waals surface area contributed by atoms with E-state index in [1.54, 1.807) is 0 Å². The van der Waals surface area contributed by atoms with Gasteiger partial charge in [0.15, 0.2) is 0 Å². The number of carbonyl (C=O) groups excluding carboxylic acids is 2. The third-order valence-corrected chi connectivity index (χ3v) is 5.24. The second-order valence-corrected chi connectivity index (χ2v) is 7.07. The second-order valence-electron chi connectivity index (χ2n) is 7.07. The van der Waals surface area contributed by atoms with Crippen LogP contribution in [0.4, 0.5) is 0 Å². The molecule has 0 aliphatic heterocycles. The van der Waals surface area contributed by atoms with Crippen LogP contribution in [0.15, 0.2) is 0 Å². The smallest absolute Gasteiger partial charge is 0.220 e. The molecule has 0 aromatic rings. The molecule has 0 atom stereocenters. The van der Waals surface area contributed by atoms with Gasteiger partial charge in [0.1, 0.15) is 5.78 Å². The van der Waals surface area contributed by atoms with E-state index in [2.05, 4.69) is 5.32 Å². The Hall–Kier alpha value is -0.860. The highest BCUT2D eigenvalue weighted by Gasteiger charge is 2.51. The van der Waals surface area contributed by atoms with E-state index in [4.69, 9.17) is 0 Å². The number of hydrogen-bond donors (Lipinski definition) is 1. The Morgan fingerprint density at radius 2 is 1.56 bits per heavy atom. The summed E-state index contributed by atoms with van der Waals surface area (Å²) in [6.45, 7) is 1.72. The molecule has 0 radical (unpaired) electrons. The van der Waals surface area contributed by atoms with Crippen molar-refractivity contribution in [2.24, 2.45) is 23.2 Å². The van der Waals surface area contributed by atoms with Gasteiger partial charge in [-0.05, 0) is 68.6 Å². The van der Waals surface area contributed by atoms with Crippen molar-refractivity contribution in [1.29, 1.82) is 0 Å². The third kappa shape index (κ3) is 2.32. The van der Waals surface area contributed by atoms with Crippen molar-refractivity contribution in [3.63, 3.8) is 0 Å². The highest BCUT2D eigenvalue weighted by Crippen LogP contribution is 2.61. The molecule has 4 bridgehead atoms. The molecule has 4 aliphatic carbocycles. The highest BCUT2D eigenvalue weighted by molar-refractivity contribution is 5.84. The third-order valence-electron chi connectivity index (χ3n) is 5.24. The second kappa shape index (κ2) is 4.36. The molecule has 0 heterocycles. The maximum absolute atomic E-state index is 12.0. The summed E-state index contributed by atoms with van der Waals surface area (Å²) in [7, 11) is 0. The van der Waals surface area contributed by atoms with Gasteiger partial charge in [-0.2, -0.15) is 0 Å². The summed E-state index contributed by atoms with van der Waals surface area (Å²) in [4.78, 5) is 22.9. The lowest BCUT2D eigenvalue weighted by Crippen LogP contribution is -2.48. The maximum Gasteiger partial charge on any atom is 0.220 e. The predicted molar refractivity (Wildman–Crippen MR) is 68.9 cm³/mol. The van der Waals surface area contributed by atoms with E-state index in [9.17, 15) is 9.59 Å². The Bertz CT molecular complexity index is 339. The van der Waals surface area contributed by atoms with Crippen LogP contribution in [-0.2, 0) is 9.59 Å². The first-order chi connectivity index (χ1) is 8.55. The zero-order valence-corrected chi connectivity index (χ0v) is 11.2. The van der Waals surface area contributed by atoms with Crippen LogP contribution < -0.4 is 5.32 Å². The predicted octanol–water partition coefficient (Wildman–Crippen LogP) is 2.30. The Morgan fingerprint density at radius 3 is 2.00 bits per heavy atom. The van der Waals surface area contributed by atoms with Gasteiger partial charge in [0.05, 0.1) is 6.54 Å². The molecule has 0 spiro atoms. The first-order valence-electron chi connectivity index (χ1n) is 7.31. The first kappa shape index (κ1) is 12.2. The molecule has 4 rings (SSSR count).